The number of rotatable bonds is 51. The van der Waals surface area contributed by atoms with E-state index in [1.807, 2.05) is 0 Å². The van der Waals surface area contributed by atoms with E-state index in [0.717, 1.165) is 89.9 Å². The second-order valence-electron chi connectivity index (χ2n) is 18.8. The summed E-state index contributed by atoms with van der Waals surface area (Å²) in [7, 11) is 0. The number of hydrogen-bond donors (Lipinski definition) is 0. The van der Waals surface area contributed by atoms with Crippen molar-refractivity contribution in [3.05, 3.63) is 48.6 Å². The maximum Gasteiger partial charge on any atom is 0.306 e. The molecule has 0 aromatic rings. The second kappa shape index (κ2) is 54.0. The van der Waals surface area contributed by atoms with Crippen LogP contribution in [0.1, 0.15) is 290 Å². The van der Waals surface area contributed by atoms with Crippen LogP contribution in [-0.2, 0) is 28.6 Å². The van der Waals surface area contributed by atoms with E-state index in [-0.39, 0.29) is 31.1 Å². The van der Waals surface area contributed by atoms with Gasteiger partial charge in [0.25, 0.3) is 0 Å². The van der Waals surface area contributed by atoms with Gasteiger partial charge in [-0.2, -0.15) is 0 Å². The summed E-state index contributed by atoms with van der Waals surface area (Å²) >= 11 is 0. The van der Waals surface area contributed by atoms with E-state index in [2.05, 4.69) is 69.4 Å². The molecule has 0 heterocycles. The van der Waals surface area contributed by atoms with Gasteiger partial charge in [0.15, 0.2) is 6.10 Å². The molecule has 6 heteroatoms. The van der Waals surface area contributed by atoms with Crippen LogP contribution < -0.4 is 0 Å². The van der Waals surface area contributed by atoms with Crippen molar-refractivity contribution in [2.45, 2.75) is 297 Å². The molecule has 0 aliphatic carbocycles. The average molecular weight is 911 g/mol. The van der Waals surface area contributed by atoms with Crippen molar-refractivity contribution in [1.82, 2.24) is 0 Å². The number of ether oxygens (including phenoxy) is 3. The predicted molar refractivity (Wildman–Crippen MR) is 279 cm³/mol. The van der Waals surface area contributed by atoms with Crippen LogP contribution in [0, 0.1) is 0 Å². The van der Waals surface area contributed by atoms with E-state index < -0.39 is 6.10 Å². The Balaban J connectivity index is 4.40. The fourth-order valence-corrected chi connectivity index (χ4v) is 7.99. The van der Waals surface area contributed by atoms with Crippen LogP contribution in [-0.4, -0.2) is 37.2 Å². The minimum Gasteiger partial charge on any atom is -0.462 e. The Morgan fingerprint density at radius 2 is 0.554 bits per heavy atom. The molecule has 378 valence electrons. The summed E-state index contributed by atoms with van der Waals surface area (Å²) in [4.78, 5) is 38.1. The maximum atomic E-state index is 12.8. The summed E-state index contributed by atoms with van der Waals surface area (Å²) < 4.78 is 16.8. The van der Waals surface area contributed by atoms with Crippen molar-refractivity contribution in [2.24, 2.45) is 0 Å². The largest absolute Gasteiger partial charge is 0.462 e. The monoisotopic (exact) mass is 911 g/mol. The zero-order valence-electron chi connectivity index (χ0n) is 43.3. The molecule has 0 amide bonds. The average Bonchev–Trinajstić information content (AvgIpc) is 3.30. The highest BCUT2D eigenvalue weighted by Gasteiger charge is 2.19. The van der Waals surface area contributed by atoms with Gasteiger partial charge in [0.2, 0.25) is 0 Å². The van der Waals surface area contributed by atoms with Gasteiger partial charge in [-0.05, 0) is 103 Å². The Labute approximate surface area is 403 Å². The zero-order valence-corrected chi connectivity index (χ0v) is 43.3. The Hall–Kier alpha value is -2.63. The first-order valence-electron chi connectivity index (χ1n) is 28.1. The summed E-state index contributed by atoms with van der Waals surface area (Å²) in [6.07, 6.45) is 65.2. The van der Waals surface area contributed by atoms with Crippen LogP contribution in [0.3, 0.4) is 0 Å². The van der Waals surface area contributed by atoms with Crippen molar-refractivity contribution in [2.75, 3.05) is 13.2 Å². The van der Waals surface area contributed by atoms with Gasteiger partial charge >= 0.3 is 17.9 Å². The van der Waals surface area contributed by atoms with Gasteiger partial charge in [-0.3, -0.25) is 14.4 Å². The number of esters is 3. The SMILES string of the molecule is CCCCCC=CCC=CCCCCCCCCCC(=O)OCC(COC(=O)CCCCCCCC=CCCCCCCCC)OC(=O)CCCCCCCC=CCCCCCCCC. The predicted octanol–water partition coefficient (Wildman–Crippen LogP) is 18.7. The van der Waals surface area contributed by atoms with Gasteiger partial charge < -0.3 is 14.2 Å². The van der Waals surface area contributed by atoms with Gasteiger partial charge in [0.05, 0.1) is 0 Å². The Bertz CT molecular complexity index is 1140. The summed E-state index contributed by atoms with van der Waals surface area (Å²) in [5.74, 6) is -0.895. The second-order valence-corrected chi connectivity index (χ2v) is 18.8. The first-order valence-corrected chi connectivity index (χ1v) is 28.1. The highest BCUT2D eigenvalue weighted by molar-refractivity contribution is 5.71. The quantitative estimate of drug-likeness (QED) is 0.0262. The molecule has 1 unspecified atom stereocenters. The lowest BCUT2D eigenvalue weighted by molar-refractivity contribution is -0.167. The Morgan fingerprint density at radius 3 is 0.892 bits per heavy atom. The number of allylic oxidation sites excluding steroid dienone is 8. The molecule has 0 fully saturated rings. The fraction of sp³-hybridized carbons (Fsp3) is 0.814. The minimum atomic E-state index is -0.783. The molecule has 0 aromatic heterocycles. The van der Waals surface area contributed by atoms with Crippen molar-refractivity contribution < 1.29 is 28.6 Å². The van der Waals surface area contributed by atoms with Crippen LogP contribution in [0.5, 0.6) is 0 Å². The number of unbranched alkanes of at least 4 members (excludes halogenated alkanes) is 32. The van der Waals surface area contributed by atoms with Crippen LogP contribution >= 0.6 is 0 Å². The minimum absolute atomic E-state index is 0.0820. The van der Waals surface area contributed by atoms with Crippen molar-refractivity contribution in [3.8, 4) is 0 Å². The lowest BCUT2D eigenvalue weighted by Gasteiger charge is -2.18. The van der Waals surface area contributed by atoms with Gasteiger partial charge in [-0.1, -0.05) is 217 Å². The molecular formula is C59H106O6. The van der Waals surface area contributed by atoms with Gasteiger partial charge in [0.1, 0.15) is 13.2 Å². The molecule has 0 saturated carbocycles. The topological polar surface area (TPSA) is 78.9 Å². The van der Waals surface area contributed by atoms with Crippen LogP contribution in [0.2, 0.25) is 0 Å². The molecule has 0 saturated heterocycles. The molecule has 0 N–H and O–H groups in total. The van der Waals surface area contributed by atoms with E-state index in [0.29, 0.717) is 19.3 Å². The maximum absolute atomic E-state index is 12.8. The molecule has 65 heavy (non-hydrogen) atoms. The lowest BCUT2D eigenvalue weighted by Crippen LogP contribution is -2.30. The summed E-state index contributed by atoms with van der Waals surface area (Å²) in [6.45, 7) is 6.61. The molecule has 0 rings (SSSR count). The summed E-state index contributed by atoms with van der Waals surface area (Å²) in [6, 6.07) is 0. The van der Waals surface area contributed by atoms with E-state index in [4.69, 9.17) is 14.2 Å². The number of hydrogen-bond acceptors (Lipinski definition) is 6. The van der Waals surface area contributed by atoms with Crippen LogP contribution in [0.25, 0.3) is 0 Å². The van der Waals surface area contributed by atoms with Gasteiger partial charge in [-0.15, -0.1) is 0 Å². The van der Waals surface area contributed by atoms with Crippen LogP contribution in [0.4, 0.5) is 0 Å². The van der Waals surface area contributed by atoms with Gasteiger partial charge in [-0.25, -0.2) is 0 Å². The van der Waals surface area contributed by atoms with Crippen LogP contribution in [0.15, 0.2) is 48.6 Å². The Morgan fingerprint density at radius 1 is 0.308 bits per heavy atom. The summed E-state index contributed by atoms with van der Waals surface area (Å²) in [5.41, 5.74) is 0. The van der Waals surface area contributed by atoms with Crippen molar-refractivity contribution in [1.29, 1.82) is 0 Å². The number of carbonyl (C=O) groups excluding carboxylic acids is 3. The van der Waals surface area contributed by atoms with E-state index >= 15 is 0 Å². The van der Waals surface area contributed by atoms with Crippen molar-refractivity contribution >= 4 is 17.9 Å². The number of carbonyl (C=O) groups is 3. The lowest BCUT2D eigenvalue weighted by atomic mass is 10.1. The van der Waals surface area contributed by atoms with Crippen molar-refractivity contribution in [3.63, 3.8) is 0 Å². The molecule has 1 atom stereocenters. The smallest absolute Gasteiger partial charge is 0.306 e. The normalized spacial score (nSPS) is 12.4. The third-order valence-electron chi connectivity index (χ3n) is 12.3. The molecule has 6 nitrogen and oxygen atoms in total. The Kier molecular flexibility index (Phi) is 51.8. The van der Waals surface area contributed by atoms with E-state index in [1.54, 1.807) is 0 Å². The molecular weight excluding hydrogens is 805 g/mol. The third kappa shape index (κ3) is 52.2. The highest BCUT2D eigenvalue weighted by atomic mass is 16.6. The molecule has 0 spiro atoms. The molecule has 0 aliphatic rings. The molecule has 0 bridgehead atoms. The molecule has 0 aromatic carbocycles. The first kappa shape index (κ1) is 62.4. The molecule has 0 aliphatic heterocycles. The standard InChI is InChI=1S/C59H106O6/c1-4-7-10-13-16-19-22-25-28-29-32-34-37-40-43-46-49-52-58(61)64-55-56(65-59(62)53-50-47-44-41-38-35-31-27-24-21-18-15-12-9-6-3)54-63-57(60)51-48-45-42-39-36-33-30-26-23-20-17-14-11-8-5-2/h16,19,25-28,30-31,56H,4-15,17-18,20-24,29,32-55H2,1-3H3. The van der Waals surface area contributed by atoms with E-state index in [9.17, 15) is 14.4 Å². The summed E-state index contributed by atoms with van der Waals surface area (Å²) in [5, 5.41) is 0. The fourth-order valence-electron chi connectivity index (χ4n) is 7.99. The van der Waals surface area contributed by atoms with Gasteiger partial charge in [0, 0.05) is 19.3 Å². The molecule has 0 radical (unpaired) electrons. The third-order valence-corrected chi connectivity index (χ3v) is 12.3. The van der Waals surface area contributed by atoms with E-state index in [1.165, 1.54) is 161 Å². The zero-order chi connectivity index (χ0) is 47.2. The first-order chi connectivity index (χ1) is 32.0. The highest BCUT2D eigenvalue weighted by Crippen LogP contribution is 2.15.